The Kier molecular flexibility index (Phi) is 8.49. The van der Waals surface area contributed by atoms with Crippen molar-refractivity contribution in [2.75, 3.05) is 30.3 Å². The van der Waals surface area contributed by atoms with Gasteiger partial charge in [0.05, 0.1) is 22.3 Å². The predicted octanol–water partition coefficient (Wildman–Crippen LogP) is 4.01. The first-order chi connectivity index (χ1) is 17.2. The minimum absolute atomic E-state index is 0.00787. The Hall–Kier alpha value is -3.17. The third-order valence-corrected chi connectivity index (χ3v) is 7.29. The quantitative estimate of drug-likeness (QED) is 0.197. The van der Waals surface area contributed by atoms with Gasteiger partial charge >= 0.3 is 12.1 Å². The van der Waals surface area contributed by atoms with Crippen LogP contribution in [0, 0.1) is 6.92 Å². The number of carbonyl (C=O) groups is 1. The van der Waals surface area contributed by atoms with E-state index in [9.17, 15) is 23.1 Å². The summed E-state index contributed by atoms with van der Waals surface area (Å²) in [5, 5.41) is 19.3. The third kappa shape index (κ3) is 6.78. The molecule has 0 radical (unpaired) electrons. The fourth-order valence-electron chi connectivity index (χ4n) is 3.70. The van der Waals surface area contributed by atoms with E-state index in [1.165, 1.54) is 16.3 Å². The van der Waals surface area contributed by atoms with Gasteiger partial charge in [0, 0.05) is 34.5 Å². The topological polar surface area (TPSA) is 145 Å². The zero-order valence-electron chi connectivity index (χ0n) is 21.5. The number of aryl methyl sites for hydroxylation is 2. The molecule has 37 heavy (non-hydrogen) atoms. The monoisotopic (exact) mass is 542 g/mol. The molecule has 3 rings (SSSR count). The molecule has 0 amide bonds. The summed E-state index contributed by atoms with van der Waals surface area (Å²) in [7, 11) is 0.0785. The van der Waals surface area contributed by atoms with Crippen molar-refractivity contribution in [1.82, 2.24) is 24.3 Å². The molecule has 0 aliphatic rings. The summed E-state index contributed by atoms with van der Waals surface area (Å²) in [5.74, 6) is -1.37. The van der Waals surface area contributed by atoms with Gasteiger partial charge in [0.15, 0.2) is 5.69 Å². The summed E-state index contributed by atoms with van der Waals surface area (Å²) in [6, 6.07) is 0.851. The van der Waals surface area contributed by atoms with Crippen LogP contribution in [0.1, 0.15) is 28.2 Å². The summed E-state index contributed by atoms with van der Waals surface area (Å²) in [6.45, 7) is 9.03. The lowest BCUT2D eigenvalue weighted by Crippen LogP contribution is -2.22. The highest BCUT2D eigenvalue weighted by Crippen LogP contribution is 2.39. The molecule has 0 unspecified atom stereocenters. The first-order valence-corrected chi connectivity index (χ1v) is 15.5. The highest BCUT2D eigenvalue weighted by atomic mass is 28.3. The van der Waals surface area contributed by atoms with Crippen molar-refractivity contribution in [3.8, 4) is 0 Å². The van der Waals surface area contributed by atoms with Gasteiger partial charge in [0.25, 0.3) is 0 Å². The lowest BCUT2D eigenvalue weighted by Gasteiger charge is -2.16. The molecule has 0 spiro atoms. The van der Waals surface area contributed by atoms with E-state index in [-0.39, 0.29) is 47.5 Å². The van der Waals surface area contributed by atoms with E-state index in [4.69, 9.17) is 10.5 Å². The summed E-state index contributed by atoms with van der Waals surface area (Å²) >= 11 is 0. The number of aromatic carboxylic acids is 1. The van der Waals surface area contributed by atoms with E-state index in [1.54, 1.807) is 6.92 Å². The second kappa shape index (κ2) is 11.1. The van der Waals surface area contributed by atoms with Crippen molar-refractivity contribution in [2.45, 2.75) is 51.9 Å². The Balaban J connectivity index is 2.12. The van der Waals surface area contributed by atoms with Crippen LogP contribution in [0.4, 0.5) is 30.6 Å². The van der Waals surface area contributed by atoms with Crippen LogP contribution in [0.5, 0.6) is 0 Å². The maximum absolute atomic E-state index is 14.0. The van der Waals surface area contributed by atoms with Crippen LogP contribution in [-0.4, -0.2) is 63.2 Å². The lowest BCUT2D eigenvalue weighted by molar-refractivity contribution is -0.136. The molecular weight excluding hydrogens is 509 g/mol. The van der Waals surface area contributed by atoms with Crippen LogP contribution in [-0.2, 0) is 24.7 Å². The number of carboxylic acid groups (broad SMARTS) is 1. The number of anilines is 3. The summed E-state index contributed by atoms with van der Waals surface area (Å²) in [5.41, 5.74) is 5.01. The van der Waals surface area contributed by atoms with Gasteiger partial charge in [-0.2, -0.15) is 28.2 Å². The smallest absolute Gasteiger partial charge is 0.418 e. The molecular formula is C22H33F3N8O3Si. The molecule has 204 valence electrons. The highest BCUT2D eigenvalue weighted by Gasteiger charge is 2.37. The average molecular weight is 543 g/mol. The molecule has 0 bridgehead atoms. The van der Waals surface area contributed by atoms with Crippen molar-refractivity contribution in [2.24, 2.45) is 12.8 Å². The van der Waals surface area contributed by atoms with Crippen LogP contribution in [0.25, 0.3) is 11.0 Å². The number of alkyl halides is 3. The van der Waals surface area contributed by atoms with Crippen LogP contribution in [0.3, 0.4) is 0 Å². The largest absolute Gasteiger partial charge is 0.476 e. The molecule has 0 atom stereocenters. The Morgan fingerprint density at radius 2 is 1.97 bits per heavy atom. The molecule has 0 saturated heterocycles. The highest BCUT2D eigenvalue weighted by molar-refractivity contribution is 6.76. The standard InChI is InChI=1S/C22H33F3N8O3Si/c1-13-16(17(20(34)35)32(2)31-13)28-21-29-18(27-8-6-7-26)15-14(22(23,24)25)11-33(19(15)30-21)12-36-9-10-37(3,4)5/h11H,6-10,12,26H2,1-5H3,(H,34,35)(H2,27,28,29,30). The molecule has 0 aromatic carbocycles. The summed E-state index contributed by atoms with van der Waals surface area (Å²) in [6.07, 6.45) is -3.20. The van der Waals surface area contributed by atoms with Crippen LogP contribution in [0.15, 0.2) is 6.20 Å². The summed E-state index contributed by atoms with van der Waals surface area (Å²) < 4.78 is 50.3. The van der Waals surface area contributed by atoms with Crippen molar-refractivity contribution in [1.29, 1.82) is 0 Å². The number of hydrogen-bond acceptors (Lipinski definition) is 8. The molecule has 3 heterocycles. The number of fused-ring (bicyclic) bond motifs is 1. The predicted molar refractivity (Wildman–Crippen MR) is 137 cm³/mol. The normalized spacial score (nSPS) is 12.4. The molecule has 0 saturated carbocycles. The third-order valence-electron chi connectivity index (χ3n) is 5.58. The van der Waals surface area contributed by atoms with Crippen molar-refractivity contribution < 1.29 is 27.8 Å². The molecule has 0 aliphatic heterocycles. The second-order valence-corrected chi connectivity index (χ2v) is 15.5. The average Bonchev–Trinajstić information content (AvgIpc) is 3.27. The Labute approximate surface area is 213 Å². The van der Waals surface area contributed by atoms with Gasteiger partial charge < -0.3 is 30.8 Å². The van der Waals surface area contributed by atoms with E-state index >= 15 is 0 Å². The van der Waals surface area contributed by atoms with E-state index in [0.29, 0.717) is 25.3 Å². The number of nitrogens with two attached hydrogens (primary N) is 1. The van der Waals surface area contributed by atoms with Crippen LogP contribution < -0.4 is 16.4 Å². The first kappa shape index (κ1) is 28.4. The molecule has 11 nitrogen and oxygen atoms in total. The fraction of sp³-hybridized carbons (Fsp3) is 0.545. The zero-order chi connectivity index (χ0) is 27.5. The second-order valence-electron chi connectivity index (χ2n) is 9.88. The number of rotatable bonds is 12. The maximum atomic E-state index is 14.0. The number of hydrogen-bond donors (Lipinski definition) is 4. The molecule has 3 aromatic heterocycles. The van der Waals surface area contributed by atoms with Crippen LogP contribution >= 0.6 is 0 Å². The van der Waals surface area contributed by atoms with Crippen molar-refractivity contribution in [3.05, 3.63) is 23.1 Å². The molecule has 15 heteroatoms. The van der Waals surface area contributed by atoms with Crippen LogP contribution in [0.2, 0.25) is 25.7 Å². The minimum Gasteiger partial charge on any atom is -0.476 e. The van der Waals surface area contributed by atoms with Crippen molar-refractivity contribution >= 4 is 42.5 Å². The molecule has 0 fully saturated rings. The zero-order valence-corrected chi connectivity index (χ0v) is 22.5. The number of halogens is 3. The lowest BCUT2D eigenvalue weighted by atomic mass is 10.2. The van der Waals surface area contributed by atoms with Gasteiger partial charge in [-0.05, 0) is 25.9 Å². The number of nitrogens with zero attached hydrogens (tertiary/aromatic N) is 5. The fourth-order valence-corrected chi connectivity index (χ4v) is 4.46. The van der Waals surface area contributed by atoms with Gasteiger partial charge in [-0.15, -0.1) is 0 Å². The van der Waals surface area contributed by atoms with Crippen molar-refractivity contribution in [3.63, 3.8) is 0 Å². The Morgan fingerprint density at radius 3 is 2.57 bits per heavy atom. The number of ether oxygens (including phenoxy) is 1. The minimum atomic E-state index is -4.67. The van der Waals surface area contributed by atoms with Gasteiger partial charge in [0.2, 0.25) is 5.95 Å². The van der Waals surface area contributed by atoms with E-state index < -0.39 is 25.8 Å². The van der Waals surface area contributed by atoms with E-state index in [1.807, 2.05) is 0 Å². The van der Waals surface area contributed by atoms with Gasteiger partial charge in [-0.25, -0.2) is 4.79 Å². The van der Waals surface area contributed by atoms with E-state index in [2.05, 4.69) is 45.3 Å². The molecule has 0 aliphatic carbocycles. The number of carboxylic acids is 1. The Bertz CT molecular complexity index is 1270. The number of aromatic nitrogens is 5. The number of nitrogens with one attached hydrogen (secondary N) is 2. The van der Waals surface area contributed by atoms with Gasteiger partial charge in [-0.1, -0.05) is 19.6 Å². The molecule has 5 N–H and O–H groups in total. The van der Waals surface area contributed by atoms with Gasteiger partial charge in [-0.3, -0.25) is 4.68 Å². The maximum Gasteiger partial charge on any atom is 0.418 e. The Morgan fingerprint density at radius 1 is 1.27 bits per heavy atom. The molecule has 3 aromatic rings. The summed E-state index contributed by atoms with van der Waals surface area (Å²) in [4.78, 5) is 20.4. The first-order valence-electron chi connectivity index (χ1n) is 11.8. The van der Waals surface area contributed by atoms with E-state index in [0.717, 1.165) is 12.2 Å². The van der Waals surface area contributed by atoms with Gasteiger partial charge in [0.1, 0.15) is 18.2 Å². The SMILES string of the molecule is Cc1nn(C)c(C(=O)O)c1Nc1nc(NCCCN)c2c(C(F)(F)F)cn(COCC[Si](C)(C)C)c2n1.